The number of methoxy groups -OCH3 is 1. The second-order valence-corrected chi connectivity index (χ2v) is 6.23. The molecule has 0 aromatic rings. The fourth-order valence-electron chi connectivity index (χ4n) is 3.56. The molecule has 1 aliphatic heterocycles. The van der Waals surface area contributed by atoms with Gasteiger partial charge < -0.3 is 15.2 Å². The van der Waals surface area contributed by atoms with E-state index in [0.29, 0.717) is 12.2 Å². The Kier molecular flexibility index (Phi) is 5.63. The third-order valence-corrected chi connectivity index (χ3v) is 5.14. The minimum Gasteiger partial charge on any atom is -0.381 e. The quantitative estimate of drug-likeness (QED) is 0.827. The van der Waals surface area contributed by atoms with Gasteiger partial charge in [0.15, 0.2) is 0 Å². The molecule has 0 amide bonds. The molecule has 1 atom stereocenters. The molecule has 2 N–H and O–H groups in total. The highest BCUT2D eigenvalue weighted by Gasteiger charge is 2.38. The van der Waals surface area contributed by atoms with Crippen molar-refractivity contribution in [1.29, 1.82) is 0 Å². The van der Waals surface area contributed by atoms with Gasteiger partial charge in [0.05, 0.1) is 12.2 Å². The molecule has 19 heavy (non-hydrogen) atoms. The lowest BCUT2D eigenvalue weighted by atomic mass is 9.79. The minimum atomic E-state index is 0.163. The van der Waals surface area contributed by atoms with E-state index in [4.69, 9.17) is 15.2 Å². The fourth-order valence-corrected chi connectivity index (χ4v) is 3.56. The molecular weight excluding hydrogens is 240 g/mol. The normalized spacial score (nSPS) is 36.6. The van der Waals surface area contributed by atoms with Crippen LogP contribution < -0.4 is 5.73 Å². The van der Waals surface area contributed by atoms with Crippen LogP contribution in [-0.4, -0.2) is 56.5 Å². The van der Waals surface area contributed by atoms with Gasteiger partial charge in [-0.1, -0.05) is 0 Å². The molecule has 0 radical (unpaired) electrons. The first-order valence-corrected chi connectivity index (χ1v) is 7.76. The van der Waals surface area contributed by atoms with Gasteiger partial charge in [-0.15, -0.1) is 0 Å². The van der Waals surface area contributed by atoms with Crippen LogP contribution >= 0.6 is 0 Å². The van der Waals surface area contributed by atoms with Gasteiger partial charge in [0.1, 0.15) is 0 Å². The predicted molar refractivity (Wildman–Crippen MR) is 77.3 cm³/mol. The molecule has 0 spiro atoms. The second kappa shape index (κ2) is 7.02. The molecule has 4 heteroatoms. The van der Waals surface area contributed by atoms with Crippen LogP contribution in [0.3, 0.4) is 0 Å². The van der Waals surface area contributed by atoms with Gasteiger partial charge in [-0.3, -0.25) is 4.90 Å². The van der Waals surface area contributed by atoms with E-state index >= 15 is 0 Å². The van der Waals surface area contributed by atoms with Crippen LogP contribution in [-0.2, 0) is 9.47 Å². The lowest BCUT2D eigenvalue weighted by Gasteiger charge is -2.47. The van der Waals surface area contributed by atoms with E-state index in [2.05, 4.69) is 11.9 Å². The zero-order chi connectivity index (χ0) is 13.7. The van der Waals surface area contributed by atoms with Crippen molar-refractivity contribution in [2.75, 3.05) is 33.9 Å². The predicted octanol–water partition coefficient (Wildman–Crippen LogP) is 1.77. The Morgan fingerprint density at radius 3 is 2.53 bits per heavy atom. The zero-order valence-corrected chi connectivity index (χ0v) is 12.6. The number of likely N-dealkylation sites (N-methyl/N-ethyl adjacent to an activating group) is 1. The largest absolute Gasteiger partial charge is 0.381 e. The smallest absolute Gasteiger partial charge is 0.0702 e. The van der Waals surface area contributed by atoms with Gasteiger partial charge in [0.2, 0.25) is 0 Å². The number of ether oxygens (including phenoxy) is 2. The van der Waals surface area contributed by atoms with Crippen molar-refractivity contribution in [2.45, 2.75) is 62.7 Å². The Morgan fingerprint density at radius 2 is 2.00 bits per heavy atom. The average molecular weight is 270 g/mol. The third kappa shape index (κ3) is 3.69. The van der Waals surface area contributed by atoms with E-state index in [-0.39, 0.29) is 5.54 Å². The van der Waals surface area contributed by atoms with E-state index < -0.39 is 0 Å². The Hall–Kier alpha value is -0.160. The summed E-state index contributed by atoms with van der Waals surface area (Å²) in [6.07, 6.45) is 9.11. The fraction of sp³-hybridized carbons (Fsp3) is 1.00. The van der Waals surface area contributed by atoms with E-state index in [1.807, 2.05) is 7.11 Å². The SMILES string of the molecule is COC1CCC(CN)(N(C)CC2CCCCO2)CC1. The van der Waals surface area contributed by atoms with Crippen LogP contribution in [0.25, 0.3) is 0 Å². The third-order valence-electron chi connectivity index (χ3n) is 5.14. The van der Waals surface area contributed by atoms with Crippen LogP contribution in [0.1, 0.15) is 44.9 Å². The number of hydrogen-bond acceptors (Lipinski definition) is 4. The lowest BCUT2D eigenvalue weighted by Crippen LogP contribution is -2.56. The molecule has 4 nitrogen and oxygen atoms in total. The van der Waals surface area contributed by atoms with E-state index in [1.165, 1.54) is 19.3 Å². The number of hydrogen-bond donors (Lipinski definition) is 1. The van der Waals surface area contributed by atoms with Crippen LogP contribution in [0.4, 0.5) is 0 Å². The summed E-state index contributed by atoms with van der Waals surface area (Å²) >= 11 is 0. The highest BCUT2D eigenvalue weighted by atomic mass is 16.5. The van der Waals surface area contributed by atoms with E-state index in [1.54, 1.807) is 0 Å². The molecule has 1 saturated heterocycles. The summed E-state index contributed by atoms with van der Waals surface area (Å²) in [5.74, 6) is 0. The summed E-state index contributed by atoms with van der Waals surface area (Å²) in [5.41, 5.74) is 6.27. The van der Waals surface area contributed by atoms with Gasteiger partial charge >= 0.3 is 0 Å². The first-order valence-electron chi connectivity index (χ1n) is 7.76. The molecule has 2 aliphatic rings. The van der Waals surface area contributed by atoms with Gasteiger partial charge in [-0.2, -0.15) is 0 Å². The van der Waals surface area contributed by atoms with Gasteiger partial charge in [0.25, 0.3) is 0 Å². The first kappa shape index (κ1) is 15.2. The number of rotatable bonds is 5. The van der Waals surface area contributed by atoms with Crippen molar-refractivity contribution in [3.8, 4) is 0 Å². The highest BCUT2D eigenvalue weighted by Crippen LogP contribution is 2.34. The molecule has 112 valence electrons. The van der Waals surface area contributed by atoms with Gasteiger partial charge in [-0.25, -0.2) is 0 Å². The maximum Gasteiger partial charge on any atom is 0.0702 e. The lowest BCUT2D eigenvalue weighted by molar-refractivity contribution is -0.0436. The highest BCUT2D eigenvalue weighted by molar-refractivity contribution is 4.95. The summed E-state index contributed by atoms with van der Waals surface area (Å²) in [4.78, 5) is 2.47. The summed E-state index contributed by atoms with van der Waals surface area (Å²) in [5, 5.41) is 0. The Balaban J connectivity index is 1.88. The second-order valence-electron chi connectivity index (χ2n) is 6.23. The van der Waals surface area contributed by atoms with Crippen molar-refractivity contribution < 1.29 is 9.47 Å². The Morgan fingerprint density at radius 1 is 1.26 bits per heavy atom. The molecule has 0 bridgehead atoms. The molecule has 1 saturated carbocycles. The number of nitrogens with two attached hydrogens (primary N) is 1. The van der Waals surface area contributed by atoms with Crippen molar-refractivity contribution in [1.82, 2.24) is 4.90 Å². The van der Waals surface area contributed by atoms with Crippen LogP contribution in [0, 0.1) is 0 Å². The van der Waals surface area contributed by atoms with Crippen molar-refractivity contribution in [3.05, 3.63) is 0 Å². The summed E-state index contributed by atoms with van der Waals surface area (Å²) in [6.45, 7) is 2.70. The number of nitrogens with zero attached hydrogens (tertiary/aromatic N) is 1. The van der Waals surface area contributed by atoms with Crippen molar-refractivity contribution in [3.63, 3.8) is 0 Å². The molecule has 0 aromatic heterocycles. The van der Waals surface area contributed by atoms with Gasteiger partial charge in [0, 0.05) is 32.3 Å². The zero-order valence-electron chi connectivity index (χ0n) is 12.6. The van der Waals surface area contributed by atoms with Gasteiger partial charge in [-0.05, 0) is 52.0 Å². The van der Waals surface area contributed by atoms with Crippen LogP contribution in [0.2, 0.25) is 0 Å². The van der Waals surface area contributed by atoms with Crippen molar-refractivity contribution >= 4 is 0 Å². The topological polar surface area (TPSA) is 47.7 Å². The Bertz CT molecular complexity index is 259. The summed E-state index contributed by atoms with van der Waals surface area (Å²) < 4.78 is 11.3. The molecule has 1 aliphatic carbocycles. The van der Waals surface area contributed by atoms with Crippen LogP contribution in [0.5, 0.6) is 0 Å². The average Bonchev–Trinajstić information content (AvgIpc) is 2.48. The molecule has 1 heterocycles. The Labute approximate surface area is 117 Å². The van der Waals surface area contributed by atoms with Crippen molar-refractivity contribution in [2.24, 2.45) is 5.73 Å². The molecule has 2 fully saturated rings. The van der Waals surface area contributed by atoms with E-state index in [0.717, 1.165) is 45.4 Å². The molecule has 0 aromatic carbocycles. The first-order chi connectivity index (χ1) is 9.20. The molecule has 2 rings (SSSR count). The minimum absolute atomic E-state index is 0.163. The monoisotopic (exact) mass is 270 g/mol. The maximum atomic E-state index is 6.11. The molecular formula is C15H30N2O2. The maximum absolute atomic E-state index is 6.11. The summed E-state index contributed by atoms with van der Waals surface area (Å²) in [7, 11) is 4.04. The van der Waals surface area contributed by atoms with Crippen LogP contribution in [0.15, 0.2) is 0 Å². The summed E-state index contributed by atoms with van der Waals surface area (Å²) in [6, 6.07) is 0. The van der Waals surface area contributed by atoms with E-state index in [9.17, 15) is 0 Å². The standard InChI is InChI=1S/C15H30N2O2/c1-17(11-14-5-3-4-10-19-14)15(12-16)8-6-13(18-2)7-9-15/h13-14H,3-12,16H2,1-2H3. The molecule has 1 unspecified atom stereocenters.